The Morgan fingerprint density at radius 1 is 1.58 bits per heavy atom. The SMILES string of the molecule is NC(=O)OS(=O)(=O)n1cccn1. The molecule has 0 bridgehead atoms. The molecule has 2 N–H and O–H groups in total. The highest BCUT2D eigenvalue weighted by Gasteiger charge is 2.16. The van der Waals surface area contributed by atoms with E-state index in [0.717, 1.165) is 6.20 Å². The third kappa shape index (κ3) is 1.72. The molecule has 0 fully saturated rings. The zero-order chi connectivity index (χ0) is 9.19. The van der Waals surface area contributed by atoms with E-state index in [4.69, 9.17) is 0 Å². The van der Waals surface area contributed by atoms with Crippen molar-refractivity contribution in [1.29, 1.82) is 0 Å². The van der Waals surface area contributed by atoms with Gasteiger partial charge in [0.2, 0.25) is 0 Å². The lowest BCUT2D eigenvalue weighted by Gasteiger charge is -2.00. The summed E-state index contributed by atoms with van der Waals surface area (Å²) in [5.41, 5.74) is 4.50. The van der Waals surface area contributed by atoms with Crippen molar-refractivity contribution in [2.24, 2.45) is 5.73 Å². The summed E-state index contributed by atoms with van der Waals surface area (Å²) in [6, 6.07) is 1.36. The number of nitrogens with two attached hydrogens (primary N) is 1. The molecule has 0 spiro atoms. The normalized spacial score (nSPS) is 11.0. The summed E-state index contributed by atoms with van der Waals surface area (Å²) in [6.45, 7) is 0. The molecule has 0 unspecified atom stereocenters. The van der Waals surface area contributed by atoms with Crippen LogP contribution in [0.4, 0.5) is 4.79 Å². The Morgan fingerprint density at radius 2 is 2.25 bits per heavy atom. The van der Waals surface area contributed by atoms with E-state index in [9.17, 15) is 13.2 Å². The first-order chi connectivity index (χ1) is 5.52. The Bertz CT molecular complexity index is 367. The van der Waals surface area contributed by atoms with Gasteiger partial charge in [-0.15, -0.1) is 4.09 Å². The van der Waals surface area contributed by atoms with Crippen molar-refractivity contribution < 1.29 is 17.4 Å². The molecule has 0 atom stereocenters. The standard InChI is InChI=1S/C4H5N3O4S/c5-4(8)11-12(9,10)7-3-1-2-6-7/h1-3H,(H2,5,8). The van der Waals surface area contributed by atoms with Crippen LogP contribution < -0.4 is 5.73 Å². The molecule has 1 amide bonds. The predicted molar refractivity (Wildman–Crippen MR) is 37.2 cm³/mol. The molecule has 8 heteroatoms. The maximum absolute atomic E-state index is 10.9. The monoisotopic (exact) mass is 191 g/mol. The molecule has 0 radical (unpaired) electrons. The van der Waals surface area contributed by atoms with E-state index in [1.807, 2.05) is 0 Å². The van der Waals surface area contributed by atoms with Gasteiger partial charge in [0.1, 0.15) is 0 Å². The van der Waals surface area contributed by atoms with Crippen molar-refractivity contribution in [2.45, 2.75) is 0 Å². The number of carbonyl (C=O) groups excluding carboxylic acids is 1. The topological polar surface area (TPSA) is 104 Å². The first-order valence-electron chi connectivity index (χ1n) is 2.76. The lowest BCUT2D eigenvalue weighted by molar-refractivity contribution is 0.211. The average molecular weight is 191 g/mol. The summed E-state index contributed by atoms with van der Waals surface area (Å²) in [6.07, 6.45) is 0.936. The summed E-state index contributed by atoms with van der Waals surface area (Å²) in [4.78, 5) is 10.1. The molecule has 1 heterocycles. The first-order valence-corrected chi connectivity index (χ1v) is 4.13. The van der Waals surface area contributed by atoms with Gasteiger partial charge < -0.3 is 9.92 Å². The molecular formula is C4H5N3O4S. The Labute approximate surface area is 68.0 Å². The Balaban J connectivity index is 2.96. The zero-order valence-electron chi connectivity index (χ0n) is 5.75. The molecule has 0 saturated heterocycles. The van der Waals surface area contributed by atoms with E-state index in [-0.39, 0.29) is 0 Å². The van der Waals surface area contributed by atoms with Crippen molar-refractivity contribution in [2.75, 3.05) is 0 Å². The highest BCUT2D eigenvalue weighted by atomic mass is 32.2. The molecule has 12 heavy (non-hydrogen) atoms. The van der Waals surface area contributed by atoms with Gasteiger partial charge in [-0.05, 0) is 6.07 Å². The van der Waals surface area contributed by atoms with Crippen LogP contribution in [0.25, 0.3) is 0 Å². The average Bonchev–Trinajstić information content (AvgIpc) is 2.32. The van der Waals surface area contributed by atoms with Crippen molar-refractivity contribution in [3.8, 4) is 0 Å². The summed E-state index contributed by atoms with van der Waals surface area (Å²) in [5.74, 6) is 0. The molecule has 0 aliphatic rings. The quantitative estimate of drug-likeness (QED) is 0.650. The van der Waals surface area contributed by atoms with E-state index in [1.54, 1.807) is 0 Å². The van der Waals surface area contributed by atoms with Crippen LogP contribution in [0.5, 0.6) is 0 Å². The highest BCUT2D eigenvalue weighted by Crippen LogP contribution is 1.96. The van der Waals surface area contributed by atoms with Crippen molar-refractivity contribution in [3.05, 3.63) is 18.5 Å². The summed E-state index contributed by atoms with van der Waals surface area (Å²) >= 11 is 0. The molecule has 1 aromatic rings. The van der Waals surface area contributed by atoms with E-state index in [1.165, 1.54) is 12.3 Å². The van der Waals surface area contributed by atoms with Gasteiger partial charge in [0.05, 0.1) is 6.20 Å². The number of rotatable bonds is 2. The molecule has 1 rings (SSSR count). The van der Waals surface area contributed by atoms with Gasteiger partial charge in [-0.2, -0.15) is 13.5 Å². The Hall–Kier alpha value is -1.57. The molecular weight excluding hydrogens is 186 g/mol. The van der Waals surface area contributed by atoms with Gasteiger partial charge in [-0.1, -0.05) is 0 Å². The maximum atomic E-state index is 10.9. The minimum atomic E-state index is -4.19. The van der Waals surface area contributed by atoms with Crippen LogP contribution in [0.3, 0.4) is 0 Å². The van der Waals surface area contributed by atoms with E-state index in [0.29, 0.717) is 4.09 Å². The number of aromatic nitrogens is 2. The summed E-state index contributed by atoms with van der Waals surface area (Å²) < 4.78 is 26.0. The van der Waals surface area contributed by atoms with Crippen LogP contribution >= 0.6 is 0 Å². The molecule has 0 saturated carbocycles. The molecule has 0 aliphatic carbocycles. The fourth-order valence-corrected chi connectivity index (χ4v) is 1.20. The smallest absolute Gasteiger partial charge is 0.334 e. The van der Waals surface area contributed by atoms with Crippen LogP contribution in [0, 0.1) is 0 Å². The fraction of sp³-hybridized carbons (Fsp3) is 0. The number of carbonyl (C=O) groups is 1. The van der Waals surface area contributed by atoms with Gasteiger partial charge in [0.15, 0.2) is 0 Å². The number of amides is 1. The largest absolute Gasteiger partial charge is 0.432 e. The van der Waals surface area contributed by atoms with Crippen LogP contribution in [0.15, 0.2) is 18.5 Å². The van der Waals surface area contributed by atoms with Gasteiger partial charge >= 0.3 is 16.4 Å². The van der Waals surface area contributed by atoms with E-state index in [2.05, 4.69) is 15.0 Å². The first kappa shape index (κ1) is 8.53. The lowest BCUT2D eigenvalue weighted by atomic mass is 10.8. The van der Waals surface area contributed by atoms with Gasteiger partial charge in [0, 0.05) is 6.20 Å². The van der Waals surface area contributed by atoms with Gasteiger partial charge in [0.25, 0.3) is 0 Å². The van der Waals surface area contributed by atoms with Crippen LogP contribution in [-0.2, 0) is 14.5 Å². The highest BCUT2D eigenvalue weighted by molar-refractivity contribution is 7.85. The molecule has 1 aromatic heterocycles. The number of primary amides is 1. The van der Waals surface area contributed by atoms with Crippen molar-refractivity contribution in [3.63, 3.8) is 0 Å². The van der Waals surface area contributed by atoms with Gasteiger partial charge in [-0.25, -0.2) is 4.79 Å². The number of hydrogen-bond acceptors (Lipinski definition) is 5. The number of nitrogens with zero attached hydrogens (tertiary/aromatic N) is 2. The molecule has 0 aliphatic heterocycles. The van der Waals surface area contributed by atoms with Crippen molar-refractivity contribution in [1.82, 2.24) is 9.19 Å². The van der Waals surface area contributed by atoms with E-state index >= 15 is 0 Å². The Kier molecular flexibility index (Phi) is 2.00. The second-order valence-corrected chi connectivity index (χ2v) is 3.13. The van der Waals surface area contributed by atoms with Crippen molar-refractivity contribution >= 4 is 16.4 Å². The molecule has 0 aromatic carbocycles. The Morgan fingerprint density at radius 3 is 2.67 bits per heavy atom. The van der Waals surface area contributed by atoms with Crippen LogP contribution in [0.2, 0.25) is 0 Å². The molecule has 66 valence electrons. The minimum absolute atomic E-state index is 0.484. The summed E-state index contributed by atoms with van der Waals surface area (Å²) in [5, 5.41) is 3.34. The maximum Gasteiger partial charge on any atom is 0.432 e. The van der Waals surface area contributed by atoms with Crippen LogP contribution in [0.1, 0.15) is 0 Å². The lowest BCUT2D eigenvalue weighted by Crippen LogP contribution is -2.24. The minimum Gasteiger partial charge on any atom is -0.334 e. The zero-order valence-corrected chi connectivity index (χ0v) is 6.56. The number of hydrogen-bond donors (Lipinski definition) is 1. The fourth-order valence-electron chi connectivity index (χ4n) is 0.529. The third-order valence-electron chi connectivity index (χ3n) is 0.897. The summed E-state index contributed by atoms with van der Waals surface area (Å²) in [7, 11) is -4.19. The van der Waals surface area contributed by atoms with Crippen LogP contribution in [-0.4, -0.2) is 23.7 Å². The second kappa shape index (κ2) is 2.81. The van der Waals surface area contributed by atoms with E-state index < -0.39 is 16.4 Å². The third-order valence-corrected chi connectivity index (χ3v) is 1.95. The second-order valence-electron chi connectivity index (χ2n) is 1.74. The van der Waals surface area contributed by atoms with Gasteiger partial charge in [-0.3, -0.25) is 0 Å². The predicted octanol–water partition coefficient (Wildman–Crippen LogP) is -0.929. The molecule has 7 nitrogen and oxygen atoms in total.